The standard InChI is InChI=1S/C23H18I2N2O4S/c1-3-9-31-21-17(24)10-15(11-18(21)25)12-19-22(29)27(23(30)32-19)13-20(28)26-16-7-5-14(4-2)6-8-16/h1,5-8,10-12H,4,9,13H2,2H3,(H,26,28)/b19-12-. The highest BCUT2D eigenvalue weighted by Gasteiger charge is 2.36. The van der Waals surface area contributed by atoms with Crippen LogP contribution < -0.4 is 10.1 Å². The van der Waals surface area contributed by atoms with Crippen LogP contribution in [0.3, 0.4) is 0 Å². The molecule has 1 fully saturated rings. The quantitative estimate of drug-likeness (QED) is 0.251. The Kier molecular flexibility index (Phi) is 8.61. The molecule has 0 radical (unpaired) electrons. The highest BCUT2D eigenvalue weighted by atomic mass is 127. The number of nitrogens with one attached hydrogen (secondary N) is 1. The number of nitrogens with zero attached hydrogens (tertiary/aromatic N) is 1. The van der Waals surface area contributed by atoms with Crippen molar-refractivity contribution >= 4 is 85.8 Å². The molecule has 0 spiro atoms. The number of rotatable bonds is 7. The van der Waals surface area contributed by atoms with Crippen LogP contribution in [-0.4, -0.2) is 35.1 Å². The van der Waals surface area contributed by atoms with Gasteiger partial charge in [-0.1, -0.05) is 25.0 Å². The van der Waals surface area contributed by atoms with E-state index in [4.69, 9.17) is 11.2 Å². The lowest BCUT2D eigenvalue weighted by Crippen LogP contribution is -2.36. The first-order valence-electron chi connectivity index (χ1n) is 9.51. The molecular formula is C23H18I2N2O4S. The Morgan fingerprint density at radius 2 is 1.88 bits per heavy atom. The van der Waals surface area contributed by atoms with Crippen molar-refractivity contribution in [1.29, 1.82) is 0 Å². The Hall–Kier alpha value is -2.04. The highest BCUT2D eigenvalue weighted by Crippen LogP contribution is 2.34. The van der Waals surface area contributed by atoms with Crippen molar-refractivity contribution in [3.8, 4) is 18.1 Å². The van der Waals surface area contributed by atoms with E-state index in [9.17, 15) is 14.4 Å². The summed E-state index contributed by atoms with van der Waals surface area (Å²) in [6, 6.07) is 11.1. The normalized spacial score (nSPS) is 14.6. The second kappa shape index (κ2) is 11.2. The van der Waals surface area contributed by atoms with Gasteiger partial charge in [0.1, 0.15) is 18.9 Å². The molecular weight excluding hydrogens is 654 g/mol. The van der Waals surface area contributed by atoms with E-state index < -0.39 is 17.1 Å². The van der Waals surface area contributed by atoms with E-state index >= 15 is 0 Å². The maximum Gasteiger partial charge on any atom is 0.294 e. The fraction of sp³-hybridized carbons (Fsp3) is 0.174. The molecule has 32 heavy (non-hydrogen) atoms. The first-order chi connectivity index (χ1) is 15.3. The summed E-state index contributed by atoms with van der Waals surface area (Å²) in [4.78, 5) is 38.7. The Morgan fingerprint density at radius 3 is 2.47 bits per heavy atom. The predicted octanol–water partition coefficient (Wildman–Crippen LogP) is 5.15. The van der Waals surface area contributed by atoms with Gasteiger partial charge in [0.25, 0.3) is 11.1 Å². The molecule has 0 aromatic heterocycles. The molecule has 0 bridgehead atoms. The molecule has 2 aromatic carbocycles. The molecule has 3 rings (SSSR count). The van der Waals surface area contributed by atoms with Crippen LogP contribution in [0.25, 0.3) is 6.08 Å². The smallest absolute Gasteiger partial charge is 0.294 e. The summed E-state index contributed by atoms with van der Waals surface area (Å²) < 4.78 is 7.23. The zero-order chi connectivity index (χ0) is 23.3. The molecule has 1 heterocycles. The molecule has 1 aliphatic heterocycles. The van der Waals surface area contributed by atoms with E-state index in [1.165, 1.54) is 0 Å². The second-order valence-electron chi connectivity index (χ2n) is 6.67. The molecule has 164 valence electrons. The number of amides is 3. The van der Waals surface area contributed by atoms with Crippen LogP contribution in [0.5, 0.6) is 5.75 Å². The van der Waals surface area contributed by atoms with Gasteiger partial charge in [-0.15, -0.1) is 6.42 Å². The molecule has 1 N–H and O–H groups in total. The summed E-state index contributed by atoms with van der Waals surface area (Å²) in [6.07, 6.45) is 7.79. The minimum atomic E-state index is -0.492. The summed E-state index contributed by atoms with van der Waals surface area (Å²) in [5.74, 6) is 2.18. The van der Waals surface area contributed by atoms with Gasteiger partial charge < -0.3 is 10.1 Å². The molecule has 1 aliphatic rings. The van der Waals surface area contributed by atoms with Crippen LogP contribution in [-0.2, 0) is 16.0 Å². The average molecular weight is 672 g/mol. The van der Waals surface area contributed by atoms with E-state index in [2.05, 4.69) is 56.4 Å². The minimum Gasteiger partial charge on any atom is -0.479 e. The van der Waals surface area contributed by atoms with Crippen molar-refractivity contribution in [2.24, 2.45) is 0 Å². The van der Waals surface area contributed by atoms with Gasteiger partial charge >= 0.3 is 0 Å². The van der Waals surface area contributed by atoms with Gasteiger partial charge in [0.15, 0.2) is 0 Å². The van der Waals surface area contributed by atoms with Crippen molar-refractivity contribution < 1.29 is 19.1 Å². The fourth-order valence-electron chi connectivity index (χ4n) is 2.87. The number of anilines is 1. The van der Waals surface area contributed by atoms with Crippen LogP contribution >= 0.6 is 56.9 Å². The first kappa shape index (κ1) is 24.6. The molecule has 0 atom stereocenters. The average Bonchev–Trinajstić information content (AvgIpc) is 3.01. The third-order valence-corrected chi connectivity index (χ3v) is 6.95. The van der Waals surface area contributed by atoms with Gasteiger partial charge in [-0.2, -0.15) is 0 Å². The third-order valence-electron chi connectivity index (χ3n) is 4.44. The van der Waals surface area contributed by atoms with Crippen LogP contribution in [0.4, 0.5) is 10.5 Å². The SMILES string of the molecule is C#CCOc1c(I)cc(/C=C2\SC(=O)N(CC(=O)Nc3ccc(CC)cc3)C2=O)cc1I. The molecule has 2 aromatic rings. The second-order valence-corrected chi connectivity index (χ2v) is 9.99. The topological polar surface area (TPSA) is 75.7 Å². The zero-order valence-electron chi connectivity index (χ0n) is 17.0. The maximum absolute atomic E-state index is 12.8. The number of carbonyl (C=O) groups is 3. The molecule has 0 saturated carbocycles. The summed E-state index contributed by atoms with van der Waals surface area (Å²) in [5, 5.41) is 2.24. The van der Waals surface area contributed by atoms with Gasteiger partial charge in [-0.3, -0.25) is 19.3 Å². The van der Waals surface area contributed by atoms with Crippen molar-refractivity contribution in [2.45, 2.75) is 13.3 Å². The van der Waals surface area contributed by atoms with Gasteiger partial charge in [0.2, 0.25) is 5.91 Å². The third kappa shape index (κ3) is 6.05. The highest BCUT2D eigenvalue weighted by molar-refractivity contribution is 14.1. The number of thioether (sulfide) groups is 1. The summed E-state index contributed by atoms with van der Waals surface area (Å²) in [6.45, 7) is 1.87. The number of hydrogen-bond acceptors (Lipinski definition) is 5. The van der Waals surface area contributed by atoms with Gasteiger partial charge in [0.05, 0.1) is 12.0 Å². The Balaban J connectivity index is 1.70. The zero-order valence-corrected chi connectivity index (χ0v) is 22.1. The van der Waals surface area contributed by atoms with Gasteiger partial charge in [0, 0.05) is 5.69 Å². The van der Waals surface area contributed by atoms with Crippen molar-refractivity contribution in [1.82, 2.24) is 4.90 Å². The van der Waals surface area contributed by atoms with E-state index in [0.717, 1.165) is 41.3 Å². The monoisotopic (exact) mass is 672 g/mol. The number of halogens is 2. The fourth-order valence-corrected chi connectivity index (χ4v) is 5.84. The molecule has 1 saturated heterocycles. The molecule has 0 unspecified atom stereocenters. The van der Waals surface area contributed by atoms with Crippen molar-refractivity contribution in [3.63, 3.8) is 0 Å². The predicted molar refractivity (Wildman–Crippen MR) is 143 cm³/mol. The number of hydrogen-bond donors (Lipinski definition) is 1. The number of aryl methyl sites for hydroxylation is 1. The lowest BCUT2D eigenvalue weighted by atomic mass is 10.1. The number of ether oxygens (including phenoxy) is 1. The van der Waals surface area contributed by atoms with E-state index in [-0.39, 0.29) is 18.1 Å². The van der Waals surface area contributed by atoms with E-state index in [1.807, 2.05) is 31.2 Å². The number of imide groups is 1. The van der Waals surface area contributed by atoms with Crippen LogP contribution in [0.1, 0.15) is 18.1 Å². The number of terminal acetylenes is 1. The summed E-state index contributed by atoms with van der Waals surface area (Å²) in [7, 11) is 0. The molecule has 3 amide bonds. The molecule has 9 heteroatoms. The Morgan fingerprint density at radius 1 is 1.22 bits per heavy atom. The maximum atomic E-state index is 12.8. The van der Waals surface area contributed by atoms with Gasteiger partial charge in [-0.25, -0.2) is 0 Å². The number of benzene rings is 2. The van der Waals surface area contributed by atoms with E-state index in [0.29, 0.717) is 11.4 Å². The van der Waals surface area contributed by atoms with Gasteiger partial charge in [-0.05, 0) is 105 Å². The molecule has 6 nitrogen and oxygen atoms in total. The van der Waals surface area contributed by atoms with Crippen LogP contribution in [0, 0.1) is 19.5 Å². The van der Waals surface area contributed by atoms with E-state index in [1.54, 1.807) is 18.2 Å². The molecule has 0 aliphatic carbocycles. The lowest BCUT2D eigenvalue weighted by Gasteiger charge is -2.12. The van der Waals surface area contributed by atoms with Crippen LogP contribution in [0.2, 0.25) is 0 Å². The summed E-state index contributed by atoms with van der Waals surface area (Å²) >= 11 is 5.08. The first-order valence-corrected chi connectivity index (χ1v) is 12.5. The van der Waals surface area contributed by atoms with Crippen molar-refractivity contribution in [2.75, 3.05) is 18.5 Å². The largest absolute Gasteiger partial charge is 0.479 e. The lowest BCUT2D eigenvalue weighted by molar-refractivity contribution is -0.127. The minimum absolute atomic E-state index is 0.162. The van der Waals surface area contributed by atoms with Crippen LogP contribution in [0.15, 0.2) is 41.3 Å². The Labute approximate surface area is 217 Å². The van der Waals surface area contributed by atoms with Crippen molar-refractivity contribution in [3.05, 3.63) is 59.6 Å². The summed E-state index contributed by atoms with van der Waals surface area (Å²) in [5.41, 5.74) is 2.52. The number of carbonyl (C=O) groups excluding carboxylic acids is 3. The Bertz CT molecular complexity index is 1120.